The third kappa shape index (κ3) is 11.7. The second-order valence-corrected chi connectivity index (χ2v) is 15.6. The van der Waals surface area contributed by atoms with Gasteiger partial charge in [0.05, 0.1) is 34.0 Å². The van der Waals surface area contributed by atoms with E-state index in [9.17, 15) is 24.3 Å². The van der Waals surface area contributed by atoms with E-state index in [-0.39, 0.29) is 12.5 Å². The Bertz CT molecular complexity index is 1020. The molecule has 1 aliphatic rings. The van der Waals surface area contributed by atoms with Crippen LogP contribution in [0.15, 0.2) is 12.3 Å². The molecule has 1 heterocycles. The zero-order chi connectivity index (χ0) is 34.4. The smallest absolute Gasteiger partial charge is 0.311 e. The molecule has 0 spiro atoms. The highest BCUT2D eigenvalue weighted by atomic mass is 16.7. The van der Waals surface area contributed by atoms with Gasteiger partial charge in [0, 0.05) is 5.92 Å². The van der Waals surface area contributed by atoms with E-state index in [2.05, 4.69) is 0 Å². The minimum Gasteiger partial charge on any atom is -0.469 e. The lowest BCUT2D eigenvalue weighted by Gasteiger charge is -2.45. The van der Waals surface area contributed by atoms with Crippen molar-refractivity contribution in [3.8, 4) is 0 Å². The quantitative estimate of drug-likeness (QED) is 0.196. The van der Waals surface area contributed by atoms with Crippen LogP contribution in [0.25, 0.3) is 0 Å². The summed E-state index contributed by atoms with van der Waals surface area (Å²) in [5.41, 5.74) is -3.75. The lowest BCUT2D eigenvalue weighted by molar-refractivity contribution is -0.301. The van der Waals surface area contributed by atoms with Crippen molar-refractivity contribution in [2.45, 2.75) is 140 Å². The Kier molecular flexibility index (Phi) is 13.5. The number of rotatable bonds is 10. The second-order valence-electron chi connectivity index (χ2n) is 15.6. The van der Waals surface area contributed by atoms with Gasteiger partial charge >= 0.3 is 23.9 Å². The predicted molar refractivity (Wildman–Crippen MR) is 163 cm³/mol. The minimum atomic E-state index is -1.40. The molecule has 0 saturated carbocycles. The molecule has 1 fully saturated rings. The summed E-state index contributed by atoms with van der Waals surface area (Å²) < 4.78 is 35.5. The van der Waals surface area contributed by atoms with E-state index in [1.807, 2.05) is 6.92 Å². The molecule has 0 aromatic rings. The molecule has 1 N–H and O–H groups in total. The van der Waals surface area contributed by atoms with Crippen LogP contribution >= 0.6 is 0 Å². The SMILES string of the molecule is CC[C@@H](O)[C@H](C)/C=C\O[C@@H]1O[C@H](COC(=O)C(C)(C)C)[C@@H](OC(=O)C(C)(C)C)[C@H](OC(=O)C(C)(C)C)[C@H]1OC(=O)C(C)(C)C. The Hall–Kier alpha value is -2.66. The summed E-state index contributed by atoms with van der Waals surface area (Å²) in [6, 6.07) is 0. The molecule has 44 heavy (non-hydrogen) atoms. The Morgan fingerprint density at radius 1 is 0.705 bits per heavy atom. The maximum atomic E-state index is 13.3. The fourth-order valence-electron chi connectivity index (χ4n) is 3.55. The minimum absolute atomic E-state index is 0.280. The molecule has 0 aromatic heterocycles. The topological polar surface area (TPSA) is 144 Å². The molecule has 254 valence electrons. The third-order valence-electron chi connectivity index (χ3n) is 6.77. The van der Waals surface area contributed by atoms with Gasteiger partial charge in [-0.3, -0.25) is 19.2 Å². The van der Waals surface area contributed by atoms with Crippen LogP contribution in [0.4, 0.5) is 0 Å². The first-order chi connectivity index (χ1) is 19.8. The molecule has 1 rings (SSSR count). The number of aliphatic hydroxyl groups excluding tert-OH is 1. The molecule has 0 aliphatic carbocycles. The summed E-state index contributed by atoms with van der Waals surface area (Å²) in [6.07, 6.45) is -3.85. The van der Waals surface area contributed by atoms with Crippen molar-refractivity contribution in [2.75, 3.05) is 6.61 Å². The molecule has 0 radical (unpaired) electrons. The number of hydrogen-bond donors (Lipinski definition) is 1. The van der Waals surface area contributed by atoms with Crippen LogP contribution in [-0.4, -0.2) is 72.4 Å². The highest BCUT2D eigenvalue weighted by molar-refractivity contribution is 5.78. The highest BCUT2D eigenvalue weighted by Crippen LogP contribution is 2.34. The van der Waals surface area contributed by atoms with Crippen molar-refractivity contribution in [3.63, 3.8) is 0 Å². The molecule has 7 atom stereocenters. The van der Waals surface area contributed by atoms with Gasteiger partial charge in [-0.1, -0.05) is 13.8 Å². The van der Waals surface area contributed by atoms with Crippen molar-refractivity contribution in [3.05, 3.63) is 12.3 Å². The van der Waals surface area contributed by atoms with Crippen LogP contribution < -0.4 is 0 Å². The molecule has 11 heteroatoms. The Labute approximate surface area is 263 Å². The van der Waals surface area contributed by atoms with Crippen molar-refractivity contribution in [2.24, 2.45) is 27.6 Å². The van der Waals surface area contributed by atoms with Crippen molar-refractivity contribution in [1.29, 1.82) is 0 Å². The summed E-state index contributed by atoms with van der Waals surface area (Å²) in [5.74, 6) is -2.76. The lowest BCUT2D eigenvalue weighted by atomic mass is 9.93. The van der Waals surface area contributed by atoms with Crippen molar-refractivity contribution < 1.29 is 52.7 Å². The molecule has 1 saturated heterocycles. The average molecular weight is 629 g/mol. The van der Waals surface area contributed by atoms with Crippen LogP contribution in [0.1, 0.15) is 103 Å². The molecule has 0 bridgehead atoms. The van der Waals surface area contributed by atoms with Gasteiger partial charge in [-0.2, -0.15) is 0 Å². The van der Waals surface area contributed by atoms with Gasteiger partial charge in [-0.25, -0.2) is 0 Å². The zero-order valence-corrected chi connectivity index (χ0v) is 29.1. The molecule has 1 aliphatic heterocycles. The van der Waals surface area contributed by atoms with E-state index in [4.69, 9.17) is 28.4 Å². The number of hydrogen-bond acceptors (Lipinski definition) is 11. The van der Waals surface area contributed by atoms with E-state index in [0.29, 0.717) is 6.42 Å². The molecular formula is C33H56O11. The first-order valence-corrected chi connectivity index (χ1v) is 15.3. The van der Waals surface area contributed by atoms with Crippen LogP contribution in [0.5, 0.6) is 0 Å². The standard InChI is InChI=1S/C33H56O11/c1-15-20(34)19(2)16-17-39-25-24(44-29(38)33(12,13)14)23(43-28(37)32(9,10)11)22(42-27(36)31(6,7)8)21(41-25)18-40-26(35)30(3,4)5/h16-17,19-25,34H,15,18H2,1-14H3/b17-16-/t19-,20-,21-,22-,23+,24-,25-/m1/s1. The second kappa shape index (κ2) is 15.1. The van der Waals surface area contributed by atoms with Crippen LogP contribution in [0.3, 0.4) is 0 Å². The van der Waals surface area contributed by atoms with Crippen LogP contribution in [-0.2, 0) is 47.6 Å². The normalized spacial score (nSPS) is 24.7. The fraction of sp³-hybridized carbons (Fsp3) is 0.818. The zero-order valence-electron chi connectivity index (χ0n) is 29.1. The van der Waals surface area contributed by atoms with Gasteiger partial charge < -0.3 is 33.5 Å². The average Bonchev–Trinajstić information content (AvgIpc) is 2.87. The Morgan fingerprint density at radius 3 is 1.52 bits per heavy atom. The first-order valence-electron chi connectivity index (χ1n) is 15.3. The summed E-state index contributed by atoms with van der Waals surface area (Å²) >= 11 is 0. The summed E-state index contributed by atoms with van der Waals surface area (Å²) in [7, 11) is 0. The van der Waals surface area contributed by atoms with Gasteiger partial charge in [0.15, 0.2) is 12.2 Å². The maximum absolute atomic E-state index is 13.3. The largest absolute Gasteiger partial charge is 0.469 e. The van der Waals surface area contributed by atoms with E-state index in [1.54, 1.807) is 96.1 Å². The van der Waals surface area contributed by atoms with E-state index >= 15 is 0 Å². The van der Waals surface area contributed by atoms with Gasteiger partial charge in [-0.15, -0.1) is 0 Å². The monoisotopic (exact) mass is 628 g/mol. The van der Waals surface area contributed by atoms with Crippen molar-refractivity contribution in [1.82, 2.24) is 0 Å². The number of ether oxygens (including phenoxy) is 6. The number of carbonyl (C=O) groups excluding carboxylic acids is 4. The Morgan fingerprint density at radius 2 is 1.11 bits per heavy atom. The van der Waals surface area contributed by atoms with E-state index in [1.165, 1.54) is 6.26 Å². The predicted octanol–water partition coefficient (Wildman–Crippen LogP) is 5.11. The summed E-state index contributed by atoms with van der Waals surface area (Å²) in [4.78, 5) is 52.4. The van der Waals surface area contributed by atoms with E-state index < -0.39 is 82.3 Å². The Balaban J connectivity index is 3.76. The summed E-state index contributed by atoms with van der Waals surface area (Å²) in [5, 5.41) is 10.2. The van der Waals surface area contributed by atoms with Crippen LogP contribution in [0.2, 0.25) is 0 Å². The fourth-order valence-corrected chi connectivity index (χ4v) is 3.55. The number of aliphatic hydroxyl groups is 1. The summed E-state index contributed by atoms with van der Waals surface area (Å²) in [6.45, 7) is 23.2. The molecule has 0 unspecified atom stereocenters. The first kappa shape index (κ1) is 39.4. The molecule has 0 aromatic carbocycles. The van der Waals surface area contributed by atoms with Gasteiger partial charge in [0.1, 0.15) is 12.7 Å². The molecule has 11 nitrogen and oxygen atoms in total. The molecule has 0 amide bonds. The lowest BCUT2D eigenvalue weighted by Crippen LogP contribution is -2.64. The molecular weight excluding hydrogens is 572 g/mol. The van der Waals surface area contributed by atoms with E-state index in [0.717, 1.165) is 0 Å². The van der Waals surface area contributed by atoms with Gasteiger partial charge in [0.25, 0.3) is 0 Å². The van der Waals surface area contributed by atoms with Crippen molar-refractivity contribution >= 4 is 23.9 Å². The number of esters is 4. The number of carbonyl (C=O) groups is 4. The van der Waals surface area contributed by atoms with Gasteiger partial charge in [0.2, 0.25) is 12.4 Å². The van der Waals surface area contributed by atoms with Crippen LogP contribution in [0, 0.1) is 27.6 Å². The van der Waals surface area contributed by atoms with Gasteiger partial charge in [-0.05, 0) is 95.6 Å². The highest BCUT2D eigenvalue weighted by Gasteiger charge is 2.55. The third-order valence-corrected chi connectivity index (χ3v) is 6.77. The maximum Gasteiger partial charge on any atom is 0.311 e.